The van der Waals surface area contributed by atoms with E-state index in [0.717, 1.165) is 10.5 Å². The average Bonchev–Trinajstić information content (AvgIpc) is 3.49. The smallest absolute Gasteiger partial charge is 0.409 e. The second-order valence-electron chi connectivity index (χ2n) is 8.47. The standard InChI is InChI=1S/C21H22F2N6O6S/c1-10-18(9-28(27-10)20(22)23)36(33,34)29-11(2)17(8-25-19(30)14-5-12(14)7-24)35-16-4-3-13(6-15(16)29)26-21(31)32/h3-4,6,9,11-12,14,17,20,26H,5,8H2,1-2H3,(H,25,30)(H,31,32)/t11-,12-,14+,17+/m1/s1. The molecule has 15 heteroatoms. The molecule has 0 unspecified atom stereocenters. The van der Waals surface area contributed by atoms with E-state index in [0.29, 0.717) is 6.42 Å². The number of halogens is 2. The number of aromatic nitrogens is 2. The molecule has 0 saturated heterocycles. The van der Waals surface area contributed by atoms with Crippen LogP contribution in [0.1, 0.15) is 25.6 Å². The lowest BCUT2D eigenvalue weighted by atomic mass is 10.1. The molecule has 1 fully saturated rings. The molecular formula is C21H22F2N6O6S. The van der Waals surface area contributed by atoms with E-state index in [2.05, 4.69) is 15.7 Å². The number of nitrogens with zero attached hydrogens (tertiary/aromatic N) is 4. The highest BCUT2D eigenvalue weighted by Crippen LogP contribution is 2.42. The van der Waals surface area contributed by atoms with Gasteiger partial charge in [-0.2, -0.15) is 19.1 Å². The van der Waals surface area contributed by atoms with E-state index in [9.17, 15) is 26.8 Å². The van der Waals surface area contributed by atoms with Gasteiger partial charge in [-0.05, 0) is 38.5 Å². The van der Waals surface area contributed by atoms with Gasteiger partial charge in [0.15, 0.2) is 0 Å². The average molecular weight is 525 g/mol. The van der Waals surface area contributed by atoms with Gasteiger partial charge in [0.05, 0.1) is 48.1 Å². The van der Waals surface area contributed by atoms with E-state index >= 15 is 0 Å². The SMILES string of the molecule is Cc1nn(C(F)F)cc1S(=O)(=O)N1c2cc(NC(=O)O)ccc2O[C@@H](CNC(=O)[C@H]2C[C@@H]2C#N)[C@H]1C. The highest BCUT2D eigenvalue weighted by molar-refractivity contribution is 7.93. The minimum Gasteiger partial charge on any atom is -0.484 e. The third kappa shape index (κ3) is 4.63. The number of carbonyl (C=O) groups excluding carboxylic acids is 1. The molecule has 4 rings (SSSR count). The summed E-state index contributed by atoms with van der Waals surface area (Å²) in [4.78, 5) is 23.0. The van der Waals surface area contributed by atoms with E-state index in [1.54, 1.807) is 0 Å². The normalized spacial score (nSPS) is 22.8. The summed E-state index contributed by atoms with van der Waals surface area (Å²) < 4.78 is 61.0. The number of sulfonamides is 1. The quantitative estimate of drug-likeness (QED) is 0.496. The lowest BCUT2D eigenvalue weighted by Crippen LogP contribution is -2.54. The van der Waals surface area contributed by atoms with Crippen LogP contribution in [0, 0.1) is 30.1 Å². The Hall–Kier alpha value is -3.93. The van der Waals surface area contributed by atoms with Crippen molar-refractivity contribution >= 4 is 33.4 Å². The minimum atomic E-state index is -4.50. The third-order valence-corrected chi connectivity index (χ3v) is 8.02. The van der Waals surface area contributed by atoms with Crippen molar-refractivity contribution in [3.63, 3.8) is 0 Å². The zero-order valence-electron chi connectivity index (χ0n) is 19.1. The zero-order chi connectivity index (χ0) is 26.4. The van der Waals surface area contributed by atoms with E-state index in [1.165, 1.54) is 32.0 Å². The summed E-state index contributed by atoms with van der Waals surface area (Å²) in [5.41, 5.74) is -0.121. The number of nitriles is 1. The maximum absolute atomic E-state index is 13.7. The van der Waals surface area contributed by atoms with Crippen LogP contribution in [-0.4, -0.2) is 54.0 Å². The highest BCUT2D eigenvalue weighted by atomic mass is 32.2. The minimum absolute atomic E-state index is 0.0211. The van der Waals surface area contributed by atoms with Crippen molar-refractivity contribution in [1.29, 1.82) is 5.26 Å². The summed E-state index contributed by atoms with van der Waals surface area (Å²) in [6, 6.07) is 5.05. The number of ether oxygens (including phenoxy) is 1. The maximum Gasteiger partial charge on any atom is 0.409 e. The van der Waals surface area contributed by atoms with Gasteiger partial charge >= 0.3 is 12.6 Å². The van der Waals surface area contributed by atoms with Gasteiger partial charge in [0.2, 0.25) is 5.91 Å². The number of hydrogen-bond acceptors (Lipinski definition) is 7. The van der Waals surface area contributed by atoms with Gasteiger partial charge in [0.1, 0.15) is 16.7 Å². The van der Waals surface area contributed by atoms with Crippen LogP contribution in [0.15, 0.2) is 29.3 Å². The van der Waals surface area contributed by atoms with Crippen LogP contribution >= 0.6 is 0 Å². The molecule has 2 aromatic rings. The summed E-state index contributed by atoms with van der Waals surface area (Å²) in [6.07, 6.45) is -1.10. The predicted octanol–water partition coefficient (Wildman–Crippen LogP) is 2.30. The summed E-state index contributed by atoms with van der Waals surface area (Å²) in [6.45, 7) is -0.364. The Morgan fingerprint density at radius 3 is 2.69 bits per heavy atom. The lowest BCUT2D eigenvalue weighted by Gasteiger charge is -2.41. The first-order valence-corrected chi connectivity index (χ1v) is 12.2. The topological polar surface area (TPSA) is 167 Å². The van der Waals surface area contributed by atoms with Gasteiger partial charge in [0, 0.05) is 5.69 Å². The van der Waals surface area contributed by atoms with Crippen LogP contribution in [0.3, 0.4) is 0 Å². The Morgan fingerprint density at radius 2 is 2.11 bits per heavy atom. The highest BCUT2D eigenvalue weighted by Gasteiger charge is 2.45. The molecule has 3 N–H and O–H groups in total. The Labute approximate surface area is 204 Å². The number of aryl methyl sites for hydroxylation is 1. The molecule has 1 aromatic carbocycles. The van der Waals surface area contributed by atoms with Crippen molar-refractivity contribution in [1.82, 2.24) is 15.1 Å². The molecular weight excluding hydrogens is 502 g/mol. The summed E-state index contributed by atoms with van der Waals surface area (Å²) in [5, 5.41) is 26.4. The molecule has 0 bridgehead atoms. The number of fused-ring (bicyclic) bond motifs is 1. The summed E-state index contributed by atoms with van der Waals surface area (Å²) in [5.74, 6) is -1.07. The van der Waals surface area contributed by atoms with Crippen LogP contribution < -0.4 is 19.7 Å². The fourth-order valence-electron chi connectivity index (χ4n) is 4.07. The van der Waals surface area contributed by atoms with Gasteiger partial charge < -0.3 is 15.2 Å². The van der Waals surface area contributed by atoms with Gasteiger partial charge in [-0.3, -0.25) is 14.4 Å². The third-order valence-electron chi connectivity index (χ3n) is 6.01. The maximum atomic E-state index is 13.7. The largest absolute Gasteiger partial charge is 0.484 e. The van der Waals surface area contributed by atoms with Crippen molar-refractivity contribution in [3.8, 4) is 11.8 Å². The van der Waals surface area contributed by atoms with Gasteiger partial charge in [-0.15, -0.1) is 0 Å². The molecule has 1 saturated carbocycles. The van der Waals surface area contributed by atoms with Crippen LogP contribution in [0.2, 0.25) is 0 Å². The lowest BCUT2D eigenvalue weighted by molar-refractivity contribution is -0.122. The number of carboxylic acid groups (broad SMARTS) is 1. The monoisotopic (exact) mass is 524 g/mol. The van der Waals surface area contributed by atoms with Crippen molar-refractivity contribution in [2.24, 2.45) is 11.8 Å². The molecule has 0 spiro atoms. The van der Waals surface area contributed by atoms with E-state index in [-0.39, 0.29) is 45.9 Å². The molecule has 0 radical (unpaired) electrons. The number of alkyl halides is 2. The zero-order valence-corrected chi connectivity index (χ0v) is 19.9. The van der Waals surface area contributed by atoms with Crippen LogP contribution in [0.5, 0.6) is 5.75 Å². The number of anilines is 2. The predicted molar refractivity (Wildman–Crippen MR) is 120 cm³/mol. The molecule has 36 heavy (non-hydrogen) atoms. The number of carbonyl (C=O) groups is 2. The fraction of sp³-hybridized carbons (Fsp3) is 0.429. The summed E-state index contributed by atoms with van der Waals surface area (Å²) >= 11 is 0. The van der Waals surface area contributed by atoms with E-state index in [1.807, 2.05) is 6.07 Å². The van der Waals surface area contributed by atoms with Crippen molar-refractivity contribution < 1.29 is 36.6 Å². The number of amides is 2. The second-order valence-corrected chi connectivity index (χ2v) is 10.3. The number of rotatable bonds is 7. The van der Waals surface area contributed by atoms with Crippen molar-refractivity contribution in [2.45, 2.75) is 43.9 Å². The van der Waals surface area contributed by atoms with Gasteiger partial charge in [-0.25, -0.2) is 17.9 Å². The van der Waals surface area contributed by atoms with Crippen LogP contribution in [0.25, 0.3) is 0 Å². The van der Waals surface area contributed by atoms with Crippen molar-refractivity contribution in [2.75, 3.05) is 16.2 Å². The first-order chi connectivity index (χ1) is 16.9. The van der Waals surface area contributed by atoms with E-state index in [4.69, 9.17) is 15.1 Å². The van der Waals surface area contributed by atoms with E-state index < -0.39 is 45.6 Å². The van der Waals surface area contributed by atoms with Crippen LogP contribution in [0.4, 0.5) is 25.0 Å². The Kier molecular flexibility index (Phi) is 6.48. The first-order valence-electron chi connectivity index (χ1n) is 10.8. The van der Waals surface area contributed by atoms with Crippen molar-refractivity contribution in [3.05, 3.63) is 30.1 Å². The van der Waals surface area contributed by atoms with Gasteiger partial charge in [0.25, 0.3) is 10.0 Å². The molecule has 1 aliphatic heterocycles. The van der Waals surface area contributed by atoms with Gasteiger partial charge in [-0.1, -0.05) is 0 Å². The Bertz CT molecular complexity index is 1360. The molecule has 2 amide bonds. The Balaban J connectivity index is 1.71. The number of hydrogen-bond donors (Lipinski definition) is 3. The molecule has 4 atom stereocenters. The summed E-state index contributed by atoms with van der Waals surface area (Å²) in [7, 11) is -4.50. The molecule has 1 aromatic heterocycles. The molecule has 1 aliphatic carbocycles. The molecule has 2 heterocycles. The fourth-order valence-corrected chi connectivity index (χ4v) is 5.91. The first kappa shape index (κ1) is 25.2. The number of nitrogens with one attached hydrogen (secondary N) is 2. The molecule has 192 valence electrons. The molecule has 2 aliphatic rings. The number of benzene rings is 1. The Morgan fingerprint density at radius 1 is 1.39 bits per heavy atom. The van der Waals surface area contributed by atoms with Crippen LogP contribution in [-0.2, 0) is 14.8 Å². The second kappa shape index (κ2) is 9.26. The molecule has 12 nitrogen and oxygen atoms in total.